The van der Waals surface area contributed by atoms with Crippen LogP contribution in [0.1, 0.15) is 17.5 Å². The van der Waals surface area contributed by atoms with E-state index in [4.69, 9.17) is 4.74 Å². The van der Waals surface area contributed by atoms with E-state index in [9.17, 15) is 18.0 Å². The second kappa shape index (κ2) is 9.32. The number of likely N-dealkylation sites (N-methyl/N-ethyl adjacent to an activating group) is 1. The average Bonchev–Trinajstić information content (AvgIpc) is 2.67. The number of rotatable bonds is 8. The van der Waals surface area contributed by atoms with Crippen molar-refractivity contribution in [1.82, 2.24) is 4.90 Å². The van der Waals surface area contributed by atoms with Gasteiger partial charge < -0.3 is 9.64 Å². The number of esters is 1. The largest absolute Gasteiger partial charge is 0.456 e. The van der Waals surface area contributed by atoms with E-state index in [0.29, 0.717) is 6.54 Å². The number of carbonyl (C=O) groups is 2. The van der Waals surface area contributed by atoms with Crippen LogP contribution in [0.4, 0.5) is 0 Å². The first-order chi connectivity index (χ1) is 12.8. The zero-order chi connectivity index (χ0) is 19.9. The summed E-state index contributed by atoms with van der Waals surface area (Å²) in [6.07, 6.45) is -0.300. The number of aryl methyl sites for hydroxylation is 1. The average molecular weight is 389 g/mol. The molecule has 0 atom stereocenters. The second-order valence-corrected chi connectivity index (χ2v) is 8.33. The Kier molecular flexibility index (Phi) is 7.12. The smallest absolute Gasteiger partial charge is 0.307 e. The zero-order valence-corrected chi connectivity index (χ0v) is 16.2. The fourth-order valence-corrected chi connectivity index (χ4v) is 3.66. The van der Waals surface area contributed by atoms with E-state index in [-0.39, 0.29) is 23.0 Å². The van der Waals surface area contributed by atoms with Crippen molar-refractivity contribution in [3.05, 3.63) is 65.7 Å². The monoisotopic (exact) mass is 389 g/mol. The molecule has 0 unspecified atom stereocenters. The highest BCUT2D eigenvalue weighted by Crippen LogP contribution is 2.12. The van der Waals surface area contributed by atoms with Gasteiger partial charge in [-0.05, 0) is 30.2 Å². The molecule has 7 heteroatoms. The SMILES string of the molecule is Cc1ccccc1CN(C)C(=O)COC(=O)CCS(=O)(=O)c1ccccc1. The first-order valence-electron chi connectivity index (χ1n) is 8.51. The van der Waals surface area contributed by atoms with Gasteiger partial charge in [-0.2, -0.15) is 0 Å². The van der Waals surface area contributed by atoms with Crippen LogP contribution in [0.25, 0.3) is 0 Å². The molecule has 0 aliphatic heterocycles. The molecule has 0 saturated carbocycles. The maximum absolute atomic E-state index is 12.1. The van der Waals surface area contributed by atoms with Crippen molar-refractivity contribution in [2.24, 2.45) is 0 Å². The van der Waals surface area contributed by atoms with Gasteiger partial charge >= 0.3 is 5.97 Å². The van der Waals surface area contributed by atoms with E-state index in [1.54, 1.807) is 25.2 Å². The Hall–Kier alpha value is -2.67. The van der Waals surface area contributed by atoms with Crippen LogP contribution in [-0.2, 0) is 30.7 Å². The molecule has 0 spiro atoms. The quantitative estimate of drug-likeness (QED) is 0.648. The number of hydrogen-bond donors (Lipinski definition) is 0. The van der Waals surface area contributed by atoms with Crippen LogP contribution >= 0.6 is 0 Å². The summed E-state index contributed by atoms with van der Waals surface area (Å²) in [7, 11) is -1.92. The normalized spacial score (nSPS) is 11.0. The Morgan fingerprint density at radius 2 is 1.63 bits per heavy atom. The van der Waals surface area contributed by atoms with Gasteiger partial charge in [0.2, 0.25) is 0 Å². The van der Waals surface area contributed by atoms with E-state index >= 15 is 0 Å². The molecular weight excluding hydrogens is 366 g/mol. The summed E-state index contributed by atoms with van der Waals surface area (Å²) in [6.45, 7) is 1.96. The Morgan fingerprint density at radius 3 is 2.30 bits per heavy atom. The number of amides is 1. The standard InChI is InChI=1S/C20H23NO5S/c1-16-8-6-7-9-17(16)14-21(2)19(22)15-26-20(23)12-13-27(24,25)18-10-4-3-5-11-18/h3-11H,12-15H2,1-2H3. The van der Waals surface area contributed by atoms with Crippen molar-refractivity contribution in [3.63, 3.8) is 0 Å². The zero-order valence-electron chi connectivity index (χ0n) is 15.4. The molecule has 27 heavy (non-hydrogen) atoms. The summed E-state index contributed by atoms with van der Waals surface area (Å²) < 4.78 is 29.2. The third kappa shape index (κ3) is 6.21. The van der Waals surface area contributed by atoms with E-state index in [1.165, 1.54) is 17.0 Å². The molecule has 0 saturated heterocycles. The molecule has 0 aliphatic carbocycles. The number of carbonyl (C=O) groups excluding carboxylic acids is 2. The highest BCUT2D eigenvalue weighted by molar-refractivity contribution is 7.91. The van der Waals surface area contributed by atoms with Gasteiger partial charge in [0.15, 0.2) is 16.4 Å². The summed E-state index contributed by atoms with van der Waals surface area (Å²) in [4.78, 5) is 25.5. The minimum absolute atomic E-state index is 0.159. The summed E-state index contributed by atoms with van der Waals surface area (Å²) in [5, 5.41) is 0. The third-order valence-electron chi connectivity index (χ3n) is 4.13. The van der Waals surface area contributed by atoms with Crippen molar-refractivity contribution < 1.29 is 22.7 Å². The first kappa shape index (κ1) is 20.6. The summed E-state index contributed by atoms with van der Waals surface area (Å²) in [6, 6.07) is 15.6. The van der Waals surface area contributed by atoms with Crippen molar-refractivity contribution in [2.75, 3.05) is 19.4 Å². The van der Waals surface area contributed by atoms with Crippen LogP contribution in [0, 0.1) is 6.92 Å². The number of nitrogens with zero attached hydrogens (tertiary/aromatic N) is 1. The molecule has 0 radical (unpaired) electrons. The Morgan fingerprint density at radius 1 is 1.00 bits per heavy atom. The minimum atomic E-state index is -3.55. The van der Waals surface area contributed by atoms with Gasteiger partial charge in [0.05, 0.1) is 17.1 Å². The Bertz CT molecular complexity index is 894. The maximum Gasteiger partial charge on any atom is 0.307 e. The van der Waals surface area contributed by atoms with E-state index < -0.39 is 22.4 Å². The molecule has 2 aromatic rings. The lowest BCUT2D eigenvalue weighted by atomic mass is 10.1. The molecule has 2 aromatic carbocycles. The number of benzene rings is 2. The number of hydrogen-bond acceptors (Lipinski definition) is 5. The van der Waals surface area contributed by atoms with Crippen LogP contribution in [0.3, 0.4) is 0 Å². The van der Waals surface area contributed by atoms with Crippen LogP contribution < -0.4 is 0 Å². The van der Waals surface area contributed by atoms with Crippen LogP contribution in [0.2, 0.25) is 0 Å². The topological polar surface area (TPSA) is 80.8 Å². The van der Waals surface area contributed by atoms with E-state index in [1.807, 2.05) is 31.2 Å². The van der Waals surface area contributed by atoms with Crippen molar-refractivity contribution in [3.8, 4) is 0 Å². The van der Waals surface area contributed by atoms with Gasteiger partial charge in [-0.3, -0.25) is 9.59 Å². The molecule has 0 aliphatic rings. The number of sulfone groups is 1. The molecule has 0 heterocycles. The van der Waals surface area contributed by atoms with Crippen LogP contribution in [0.5, 0.6) is 0 Å². The van der Waals surface area contributed by atoms with Gasteiger partial charge in [-0.1, -0.05) is 42.5 Å². The summed E-state index contributed by atoms with van der Waals surface area (Å²) >= 11 is 0. The fraction of sp³-hybridized carbons (Fsp3) is 0.300. The van der Waals surface area contributed by atoms with E-state index in [2.05, 4.69) is 0 Å². The minimum Gasteiger partial charge on any atom is -0.456 e. The molecule has 0 aromatic heterocycles. The lowest BCUT2D eigenvalue weighted by Crippen LogP contribution is -2.31. The third-order valence-corrected chi connectivity index (χ3v) is 5.86. The first-order valence-corrected chi connectivity index (χ1v) is 10.2. The summed E-state index contributed by atoms with van der Waals surface area (Å²) in [5.74, 6) is -1.42. The molecule has 0 bridgehead atoms. The van der Waals surface area contributed by atoms with Crippen molar-refractivity contribution in [1.29, 1.82) is 0 Å². The second-order valence-electron chi connectivity index (χ2n) is 6.22. The molecule has 2 rings (SSSR count). The lowest BCUT2D eigenvalue weighted by molar-refractivity contribution is -0.151. The Labute approximate surface area is 159 Å². The molecule has 0 N–H and O–H groups in total. The number of ether oxygens (including phenoxy) is 1. The van der Waals surface area contributed by atoms with Crippen molar-refractivity contribution in [2.45, 2.75) is 24.8 Å². The van der Waals surface area contributed by atoms with Gasteiger partial charge in [-0.15, -0.1) is 0 Å². The lowest BCUT2D eigenvalue weighted by Gasteiger charge is -2.18. The van der Waals surface area contributed by atoms with Crippen LogP contribution in [0.15, 0.2) is 59.5 Å². The van der Waals surface area contributed by atoms with Gasteiger partial charge in [0.25, 0.3) is 5.91 Å². The van der Waals surface area contributed by atoms with Gasteiger partial charge in [0, 0.05) is 13.6 Å². The molecule has 1 amide bonds. The molecule has 0 fully saturated rings. The van der Waals surface area contributed by atoms with Crippen LogP contribution in [-0.4, -0.2) is 44.6 Å². The predicted molar refractivity (Wildman–Crippen MR) is 102 cm³/mol. The van der Waals surface area contributed by atoms with Gasteiger partial charge in [0.1, 0.15) is 0 Å². The molecule has 144 valence electrons. The maximum atomic E-state index is 12.1. The highest BCUT2D eigenvalue weighted by Gasteiger charge is 2.18. The molecular formula is C20H23NO5S. The molecule has 6 nitrogen and oxygen atoms in total. The predicted octanol–water partition coefficient (Wildman–Crippen LogP) is 2.36. The Balaban J connectivity index is 1.79. The fourth-order valence-electron chi connectivity index (χ4n) is 2.42. The summed E-state index contributed by atoms with van der Waals surface area (Å²) in [5.41, 5.74) is 2.08. The van der Waals surface area contributed by atoms with Gasteiger partial charge in [-0.25, -0.2) is 8.42 Å². The van der Waals surface area contributed by atoms with Crippen molar-refractivity contribution >= 4 is 21.7 Å². The highest BCUT2D eigenvalue weighted by atomic mass is 32.2. The van der Waals surface area contributed by atoms with E-state index in [0.717, 1.165) is 11.1 Å².